The van der Waals surface area contributed by atoms with Crippen LogP contribution in [0.15, 0.2) is 0 Å². The van der Waals surface area contributed by atoms with Crippen molar-refractivity contribution in [2.75, 3.05) is 20.3 Å². The van der Waals surface area contributed by atoms with Gasteiger partial charge in [0.15, 0.2) is 5.79 Å². The zero-order valence-electron chi connectivity index (χ0n) is 7.86. The maximum atomic E-state index is 9.58. The second-order valence-corrected chi connectivity index (χ2v) is 3.69. The van der Waals surface area contributed by atoms with Gasteiger partial charge in [0.05, 0.1) is 25.4 Å². The molecule has 76 valence electrons. The molecule has 1 N–H and O–H groups in total. The van der Waals surface area contributed by atoms with Crippen molar-refractivity contribution in [2.45, 2.75) is 37.3 Å². The standard InChI is InChI=1S/C9H16O4/c1-11-8-6-9(3-2-7(8)10)12-4-5-13-9/h7-8,10H,2-6H2,1H3. The fourth-order valence-electron chi connectivity index (χ4n) is 2.10. The number of hydrogen-bond acceptors (Lipinski definition) is 4. The molecule has 0 aromatic carbocycles. The van der Waals surface area contributed by atoms with Crippen LogP contribution in [0.1, 0.15) is 19.3 Å². The van der Waals surface area contributed by atoms with E-state index in [9.17, 15) is 5.11 Å². The summed E-state index contributed by atoms with van der Waals surface area (Å²) in [5, 5.41) is 9.58. The Labute approximate surface area is 77.8 Å². The quantitative estimate of drug-likeness (QED) is 0.642. The van der Waals surface area contributed by atoms with Crippen molar-refractivity contribution in [1.29, 1.82) is 0 Å². The first-order valence-corrected chi connectivity index (χ1v) is 4.74. The molecule has 0 aromatic rings. The van der Waals surface area contributed by atoms with Crippen molar-refractivity contribution >= 4 is 0 Å². The molecule has 1 saturated heterocycles. The summed E-state index contributed by atoms with van der Waals surface area (Å²) in [4.78, 5) is 0. The zero-order chi connectivity index (χ0) is 9.31. The van der Waals surface area contributed by atoms with E-state index in [2.05, 4.69) is 0 Å². The van der Waals surface area contributed by atoms with Gasteiger partial charge in [0.1, 0.15) is 0 Å². The molecular weight excluding hydrogens is 172 g/mol. The van der Waals surface area contributed by atoms with Crippen molar-refractivity contribution in [1.82, 2.24) is 0 Å². The average molecular weight is 188 g/mol. The molecular formula is C9H16O4. The molecule has 0 radical (unpaired) electrons. The van der Waals surface area contributed by atoms with E-state index in [-0.39, 0.29) is 12.2 Å². The van der Waals surface area contributed by atoms with Crippen LogP contribution >= 0.6 is 0 Å². The first kappa shape index (κ1) is 9.40. The Morgan fingerprint density at radius 2 is 2.08 bits per heavy atom. The van der Waals surface area contributed by atoms with Crippen molar-refractivity contribution in [3.63, 3.8) is 0 Å². The number of aliphatic hydroxyl groups excluding tert-OH is 1. The minimum atomic E-state index is -0.458. The second-order valence-electron chi connectivity index (χ2n) is 3.69. The number of ether oxygens (including phenoxy) is 3. The first-order chi connectivity index (χ1) is 6.26. The SMILES string of the molecule is COC1CC2(CCC1O)OCCO2. The van der Waals surface area contributed by atoms with Crippen molar-refractivity contribution in [3.05, 3.63) is 0 Å². The van der Waals surface area contributed by atoms with Crippen molar-refractivity contribution in [2.24, 2.45) is 0 Å². The van der Waals surface area contributed by atoms with Crippen LogP contribution in [-0.4, -0.2) is 43.4 Å². The Kier molecular flexibility index (Phi) is 2.55. The van der Waals surface area contributed by atoms with Crippen LogP contribution in [0.3, 0.4) is 0 Å². The Hall–Kier alpha value is -0.160. The lowest BCUT2D eigenvalue weighted by molar-refractivity contribution is -0.217. The molecule has 2 unspecified atom stereocenters. The number of hydrogen-bond donors (Lipinski definition) is 1. The Morgan fingerprint density at radius 1 is 1.38 bits per heavy atom. The molecule has 2 fully saturated rings. The van der Waals surface area contributed by atoms with E-state index in [0.717, 1.165) is 6.42 Å². The normalized spacial score (nSPS) is 38.3. The molecule has 4 nitrogen and oxygen atoms in total. The molecule has 1 aliphatic heterocycles. The molecule has 2 aliphatic rings. The van der Waals surface area contributed by atoms with Crippen LogP contribution in [0.2, 0.25) is 0 Å². The summed E-state index contributed by atoms with van der Waals surface area (Å²) in [6.07, 6.45) is 1.59. The molecule has 2 rings (SSSR count). The lowest BCUT2D eigenvalue weighted by Gasteiger charge is -2.38. The van der Waals surface area contributed by atoms with Gasteiger partial charge in [-0.2, -0.15) is 0 Å². The van der Waals surface area contributed by atoms with Gasteiger partial charge in [0.2, 0.25) is 0 Å². The van der Waals surface area contributed by atoms with E-state index >= 15 is 0 Å². The molecule has 13 heavy (non-hydrogen) atoms. The summed E-state index contributed by atoms with van der Waals surface area (Å²) in [6.45, 7) is 1.32. The van der Waals surface area contributed by atoms with Crippen LogP contribution in [-0.2, 0) is 14.2 Å². The predicted octanol–water partition coefficient (Wildman–Crippen LogP) is 0.289. The molecule has 0 bridgehead atoms. The third-order valence-corrected chi connectivity index (χ3v) is 2.88. The van der Waals surface area contributed by atoms with E-state index in [1.165, 1.54) is 0 Å². The first-order valence-electron chi connectivity index (χ1n) is 4.74. The smallest absolute Gasteiger partial charge is 0.171 e. The van der Waals surface area contributed by atoms with Gasteiger partial charge in [-0.05, 0) is 6.42 Å². The number of rotatable bonds is 1. The molecule has 0 amide bonds. The van der Waals surface area contributed by atoms with Gasteiger partial charge in [0.25, 0.3) is 0 Å². The van der Waals surface area contributed by atoms with Crippen LogP contribution in [0.5, 0.6) is 0 Å². The largest absolute Gasteiger partial charge is 0.390 e. The highest BCUT2D eigenvalue weighted by Crippen LogP contribution is 2.36. The van der Waals surface area contributed by atoms with Crippen LogP contribution in [0, 0.1) is 0 Å². The van der Waals surface area contributed by atoms with Crippen molar-refractivity contribution in [3.8, 4) is 0 Å². The van der Waals surface area contributed by atoms with Gasteiger partial charge in [-0.1, -0.05) is 0 Å². The van der Waals surface area contributed by atoms with Gasteiger partial charge in [0, 0.05) is 20.0 Å². The molecule has 1 saturated carbocycles. The van der Waals surface area contributed by atoms with E-state index in [0.29, 0.717) is 26.1 Å². The van der Waals surface area contributed by atoms with E-state index in [1.54, 1.807) is 7.11 Å². The fourth-order valence-corrected chi connectivity index (χ4v) is 2.10. The number of aliphatic hydroxyl groups is 1. The molecule has 1 spiro atoms. The topological polar surface area (TPSA) is 47.9 Å². The molecule has 0 aromatic heterocycles. The third-order valence-electron chi connectivity index (χ3n) is 2.88. The summed E-state index contributed by atoms with van der Waals surface area (Å²) in [5.74, 6) is -0.458. The van der Waals surface area contributed by atoms with Crippen LogP contribution in [0.4, 0.5) is 0 Å². The van der Waals surface area contributed by atoms with Gasteiger partial charge in [-0.25, -0.2) is 0 Å². The zero-order valence-corrected chi connectivity index (χ0v) is 7.86. The summed E-state index contributed by atoms with van der Waals surface area (Å²) >= 11 is 0. The summed E-state index contributed by atoms with van der Waals surface area (Å²) < 4.78 is 16.3. The second kappa shape index (κ2) is 3.53. The highest BCUT2D eigenvalue weighted by molar-refractivity contribution is 4.88. The average Bonchev–Trinajstić information content (AvgIpc) is 2.59. The summed E-state index contributed by atoms with van der Waals surface area (Å²) in [6, 6.07) is 0. The highest BCUT2D eigenvalue weighted by Gasteiger charge is 2.44. The van der Waals surface area contributed by atoms with Gasteiger partial charge in [-0.15, -0.1) is 0 Å². The lowest BCUT2D eigenvalue weighted by atomic mass is 9.89. The number of methoxy groups -OCH3 is 1. The van der Waals surface area contributed by atoms with E-state index < -0.39 is 5.79 Å². The summed E-state index contributed by atoms with van der Waals surface area (Å²) in [7, 11) is 1.61. The maximum Gasteiger partial charge on any atom is 0.171 e. The predicted molar refractivity (Wildman–Crippen MR) is 45.3 cm³/mol. The van der Waals surface area contributed by atoms with Crippen LogP contribution in [0.25, 0.3) is 0 Å². The van der Waals surface area contributed by atoms with Crippen molar-refractivity contribution < 1.29 is 19.3 Å². The Morgan fingerprint density at radius 3 is 2.69 bits per heavy atom. The minimum absolute atomic E-state index is 0.146. The lowest BCUT2D eigenvalue weighted by Crippen LogP contribution is -2.46. The Bertz CT molecular complexity index is 176. The van der Waals surface area contributed by atoms with Gasteiger partial charge >= 0.3 is 0 Å². The maximum absolute atomic E-state index is 9.58. The Balaban J connectivity index is 2.01. The highest BCUT2D eigenvalue weighted by atomic mass is 16.7. The van der Waals surface area contributed by atoms with Gasteiger partial charge < -0.3 is 19.3 Å². The van der Waals surface area contributed by atoms with E-state index in [4.69, 9.17) is 14.2 Å². The van der Waals surface area contributed by atoms with Crippen LogP contribution < -0.4 is 0 Å². The molecule has 2 atom stereocenters. The molecule has 1 aliphatic carbocycles. The van der Waals surface area contributed by atoms with Gasteiger partial charge in [-0.3, -0.25) is 0 Å². The minimum Gasteiger partial charge on any atom is -0.390 e. The fraction of sp³-hybridized carbons (Fsp3) is 1.00. The monoisotopic (exact) mass is 188 g/mol. The molecule has 4 heteroatoms. The molecule has 1 heterocycles. The summed E-state index contributed by atoms with van der Waals surface area (Å²) in [5.41, 5.74) is 0. The van der Waals surface area contributed by atoms with E-state index in [1.807, 2.05) is 0 Å². The third kappa shape index (κ3) is 1.72.